The van der Waals surface area contributed by atoms with Gasteiger partial charge >= 0.3 is 5.97 Å². The van der Waals surface area contributed by atoms with Crippen molar-refractivity contribution in [1.82, 2.24) is 9.97 Å². The smallest absolute Gasteiger partial charge is 0.306 e. The van der Waals surface area contributed by atoms with Crippen LogP contribution in [0.4, 0.5) is 5.69 Å². The predicted octanol–water partition coefficient (Wildman–Crippen LogP) is 3.43. The third kappa shape index (κ3) is 5.11. The van der Waals surface area contributed by atoms with E-state index in [1.807, 2.05) is 38.1 Å². The van der Waals surface area contributed by atoms with Gasteiger partial charge in [-0.2, -0.15) is 0 Å². The van der Waals surface area contributed by atoms with E-state index in [2.05, 4.69) is 15.3 Å². The highest BCUT2D eigenvalue weighted by atomic mass is 16.5. The normalized spacial score (nSPS) is 11.8. The second-order valence-electron chi connectivity index (χ2n) is 7.27. The molecule has 0 saturated carbocycles. The predicted molar refractivity (Wildman–Crippen MR) is 115 cm³/mol. The standard InChI is InChI=1S/C23H25N3O4/c1-14-8-6-9-15(2)21(14)26-22(28)16(3)30-20(27)13-7-12-19-24-18-11-5-4-10-17(18)23(29)25-19/h4-6,8-11,16H,7,12-13H2,1-3H3,(H,26,28)(H,24,25,29)/t16-/m1/s1. The van der Waals surface area contributed by atoms with E-state index in [0.717, 1.165) is 16.8 Å². The molecule has 1 amide bonds. The summed E-state index contributed by atoms with van der Waals surface area (Å²) in [7, 11) is 0. The molecule has 1 atom stereocenters. The van der Waals surface area contributed by atoms with Crippen molar-refractivity contribution in [3.63, 3.8) is 0 Å². The van der Waals surface area contributed by atoms with E-state index >= 15 is 0 Å². The van der Waals surface area contributed by atoms with Crippen molar-refractivity contribution in [2.45, 2.75) is 46.1 Å². The molecule has 0 aliphatic rings. The van der Waals surface area contributed by atoms with Gasteiger partial charge in [0.1, 0.15) is 5.82 Å². The first kappa shape index (κ1) is 21.2. The largest absolute Gasteiger partial charge is 0.453 e. The topological polar surface area (TPSA) is 101 Å². The van der Waals surface area contributed by atoms with Gasteiger partial charge in [-0.1, -0.05) is 30.3 Å². The third-order valence-corrected chi connectivity index (χ3v) is 4.86. The number of aromatic amines is 1. The molecule has 7 heteroatoms. The Morgan fingerprint density at radius 2 is 1.80 bits per heavy atom. The fraction of sp³-hybridized carbons (Fsp3) is 0.304. The van der Waals surface area contributed by atoms with Crippen LogP contribution in [-0.4, -0.2) is 27.9 Å². The summed E-state index contributed by atoms with van der Waals surface area (Å²) >= 11 is 0. The van der Waals surface area contributed by atoms with Crippen molar-refractivity contribution in [2.24, 2.45) is 0 Å². The number of hydrogen-bond acceptors (Lipinski definition) is 5. The Morgan fingerprint density at radius 3 is 2.53 bits per heavy atom. The zero-order valence-electron chi connectivity index (χ0n) is 17.3. The average molecular weight is 407 g/mol. The summed E-state index contributed by atoms with van der Waals surface area (Å²) in [5, 5.41) is 3.35. The van der Waals surface area contributed by atoms with Crippen LogP contribution in [0.15, 0.2) is 47.3 Å². The summed E-state index contributed by atoms with van der Waals surface area (Å²) in [6.07, 6.45) is 0.0937. The summed E-state index contributed by atoms with van der Waals surface area (Å²) in [6.45, 7) is 5.36. The summed E-state index contributed by atoms with van der Waals surface area (Å²) in [5.41, 5.74) is 3.04. The number of H-pyrrole nitrogens is 1. The van der Waals surface area contributed by atoms with Crippen LogP contribution in [0.5, 0.6) is 0 Å². The van der Waals surface area contributed by atoms with Crippen molar-refractivity contribution in [2.75, 3.05) is 5.32 Å². The zero-order valence-corrected chi connectivity index (χ0v) is 17.3. The molecule has 0 radical (unpaired) electrons. The van der Waals surface area contributed by atoms with Crippen molar-refractivity contribution >= 4 is 28.5 Å². The maximum absolute atomic E-state index is 12.4. The summed E-state index contributed by atoms with van der Waals surface area (Å²) in [6, 6.07) is 12.8. The number of rotatable bonds is 7. The van der Waals surface area contributed by atoms with Gasteiger partial charge in [-0.3, -0.25) is 14.4 Å². The number of anilines is 1. The molecule has 0 aliphatic heterocycles. The molecular formula is C23H25N3O4. The highest BCUT2D eigenvalue weighted by Gasteiger charge is 2.19. The second-order valence-corrected chi connectivity index (χ2v) is 7.27. The van der Waals surface area contributed by atoms with Crippen molar-refractivity contribution < 1.29 is 14.3 Å². The Kier molecular flexibility index (Phi) is 6.61. The van der Waals surface area contributed by atoms with Crippen LogP contribution in [0.1, 0.15) is 36.7 Å². The lowest BCUT2D eigenvalue weighted by Gasteiger charge is -2.16. The van der Waals surface area contributed by atoms with E-state index < -0.39 is 12.1 Å². The first-order chi connectivity index (χ1) is 14.3. The molecule has 3 rings (SSSR count). The first-order valence-corrected chi connectivity index (χ1v) is 9.89. The summed E-state index contributed by atoms with van der Waals surface area (Å²) in [5.74, 6) is -0.323. The molecule has 3 aromatic rings. The molecule has 2 aromatic carbocycles. The molecule has 1 heterocycles. The van der Waals surface area contributed by atoms with E-state index in [1.54, 1.807) is 25.1 Å². The first-order valence-electron chi connectivity index (χ1n) is 9.89. The number of aromatic nitrogens is 2. The van der Waals surface area contributed by atoms with E-state index in [1.165, 1.54) is 0 Å². The lowest BCUT2D eigenvalue weighted by Crippen LogP contribution is -2.30. The van der Waals surface area contributed by atoms with Crippen LogP contribution in [0.25, 0.3) is 10.9 Å². The number of ether oxygens (including phenoxy) is 1. The van der Waals surface area contributed by atoms with E-state index in [-0.39, 0.29) is 17.9 Å². The number of benzene rings is 2. The molecule has 0 fully saturated rings. The summed E-state index contributed by atoms with van der Waals surface area (Å²) < 4.78 is 5.25. The minimum Gasteiger partial charge on any atom is -0.453 e. The van der Waals surface area contributed by atoms with Crippen LogP contribution in [0.3, 0.4) is 0 Å². The maximum atomic E-state index is 12.4. The van der Waals surface area contributed by atoms with Gasteiger partial charge in [-0.25, -0.2) is 4.98 Å². The Bertz CT molecular complexity index is 1120. The Hall–Kier alpha value is -3.48. The Morgan fingerprint density at radius 1 is 1.10 bits per heavy atom. The SMILES string of the molecule is Cc1cccc(C)c1NC(=O)[C@@H](C)OC(=O)CCCc1nc2ccccc2c(=O)[nH]1. The zero-order chi connectivity index (χ0) is 21.7. The number of amides is 1. The van der Waals surface area contributed by atoms with Gasteiger partial charge in [0.25, 0.3) is 11.5 Å². The Balaban J connectivity index is 1.51. The average Bonchev–Trinajstić information content (AvgIpc) is 2.70. The number of nitrogens with one attached hydrogen (secondary N) is 2. The van der Waals surface area contributed by atoms with Gasteiger partial charge in [-0.15, -0.1) is 0 Å². The highest BCUT2D eigenvalue weighted by Crippen LogP contribution is 2.20. The molecule has 156 valence electrons. The number of nitrogens with zero attached hydrogens (tertiary/aromatic N) is 1. The molecule has 0 spiro atoms. The quantitative estimate of drug-likeness (QED) is 0.584. The molecular weight excluding hydrogens is 382 g/mol. The maximum Gasteiger partial charge on any atom is 0.306 e. The monoisotopic (exact) mass is 407 g/mol. The fourth-order valence-corrected chi connectivity index (χ4v) is 3.20. The third-order valence-electron chi connectivity index (χ3n) is 4.86. The molecule has 0 saturated heterocycles. The molecule has 0 aliphatic carbocycles. The number of carbonyl (C=O) groups excluding carboxylic acids is 2. The lowest BCUT2D eigenvalue weighted by atomic mass is 10.1. The molecule has 1 aromatic heterocycles. The number of carbonyl (C=O) groups is 2. The number of esters is 1. The van der Waals surface area contributed by atoms with Crippen LogP contribution in [0.2, 0.25) is 0 Å². The van der Waals surface area contributed by atoms with E-state index in [0.29, 0.717) is 29.6 Å². The van der Waals surface area contributed by atoms with Gasteiger partial charge in [0.15, 0.2) is 6.10 Å². The van der Waals surface area contributed by atoms with Crippen LogP contribution in [0, 0.1) is 13.8 Å². The van der Waals surface area contributed by atoms with Crippen molar-refractivity contribution in [3.8, 4) is 0 Å². The van der Waals surface area contributed by atoms with Crippen LogP contribution < -0.4 is 10.9 Å². The summed E-state index contributed by atoms with van der Waals surface area (Å²) in [4.78, 5) is 43.7. The molecule has 2 N–H and O–H groups in total. The second kappa shape index (κ2) is 9.35. The molecule has 0 bridgehead atoms. The number of aryl methyl sites for hydroxylation is 3. The van der Waals surface area contributed by atoms with Gasteiger partial charge in [0.2, 0.25) is 0 Å². The minimum absolute atomic E-state index is 0.123. The van der Waals surface area contributed by atoms with Gasteiger partial charge in [-0.05, 0) is 50.5 Å². The van der Waals surface area contributed by atoms with E-state index in [4.69, 9.17) is 4.74 Å². The number of para-hydroxylation sites is 2. The minimum atomic E-state index is -0.907. The number of fused-ring (bicyclic) bond motifs is 1. The highest BCUT2D eigenvalue weighted by molar-refractivity contribution is 5.96. The van der Waals surface area contributed by atoms with Gasteiger partial charge < -0.3 is 15.0 Å². The fourth-order valence-electron chi connectivity index (χ4n) is 3.20. The van der Waals surface area contributed by atoms with Crippen LogP contribution in [-0.2, 0) is 20.7 Å². The van der Waals surface area contributed by atoms with Crippen molar-refractivity contribution in [1.29, 1.82) is 0 Å². The van der Waals surface area contributed by atoms with E-state index in [9.17, 15) is 14.4 Å². The van der Waals surface area contributed by atoms with Crippen molar-refractivity contribution in [3.05, 3.63) is 69.8 Å². The van der Waals surface area contributed by atoms with Crippen LogP contribution >= 0.6 is 0 Å². The van der Waals surface area contributed by atoms with Gasteiger partial charge in [0, 0.05) is 18.5 Å². The van der Waals surface area contributed by atoms with Gasteiger partial charge in [0.05, 0.1) is 10.9 Å². The molecule has 0 unspecified atom stereocenters. The Labute approximate surface area is 174 Å². The lowest BCUT2D eigenvalue weighted by molar-refractivity contribution is -0.153. The molecule has 30 heavy (non-hydrogen) atoms. The molecule has 7 nitrogen and oxygen atoms in total. The number of hydrogen-bond donors (Lipinski definition) is 2.